The first-order valence-corrected chi connectivity index (χ1v) is 4.58. The van der Waals surface area contributed by atoms with Gasteiger partial charge in [0.15, 0.2) is 10.1 Å². The molecule has 0 saturated carbocycles. The molecule has 0 amide bonds. The van der Waals surface area contributed by atoms with E-state index in [0.717, 1.165) is 5.01 Å². The first kappa shape index (κ1) is 9.34. The van der Waals surface area contributed by atoms with Crippen LogP contribution in [-0.4, -0.2) is 15.2 Å². The fourth-order valence-electron chi connectivity index (χ4n) is 0.710. The molecule has 0 aliphatic rings. The minimum absolute atomic E-state index is 0.155. The number of ether oxygens (including phenoxy) is 1. The van der Waals surface area contributed by atoms with E-state index in [-0.39, 0.29) is 6.10 Å². The first-order valence-electron chi connectivity index (χ1n) is 3.35. The number of nitrogens with two attached hydrogens (primary N) is 1. The third-order valence-corrected chi connectivity index (χ3v) is 2.16. The van der Waals surface area contributed by atoms with Crippen molar-refractivity contribution in [2.24, 2.45) is 0 Å². The maximum Gasteiger partial charge on any atom is 0.203 e. The van der Waals surface area contributed by atoms with Crippen LogP contribution in [0, 0.1) is 0 Å². The molecular weight excluding hydrogens is 194 g/mol. The summed E-state index contributed by atoms with van der Waals surface area (Å²) in [5.41, 5.74) is 5.40. The SMILES string of the molecule is CC(=S)OC(C)c1nnc(N)s1. The second kappa shape index (κ2) is 3.77. The minimum atomic E-state index is -0.155. The molecule has 1 unspecified atom stereocenters. The van der Waals surface area contributed by atoms with Gasteiger partial charge in [-0.2, -0.15) is 0 Å². The summed E-state index contributed by atoms with van der Waals surface area (Å²) in [4.78, 5) is 0. The second-order valence-corrected chi connectivity index (χ2v) is 3.85. The molecule has 6 heteroatoms. The van der Waals surface area contributed by atoms with E-state index in [4.69, 9.17) is 22.7 Å². The lowest BCUT2D eigenvalue weighted by Gasteiger charge is -2.08. The lowest BCUT2D eigenvalue weighted by Crippen LogP contribution is -2.02. The summed E-state index contributed by atoms with van der Waals surface area (Å²) in [6.07, 6.45) is -0.155. The molecule has 2 N–H and O–H groups in total. The van der Waals surface area contributed by atoms with E-state index < -0.39 is 0 Å². The Morgan fingerprint density at radius 2 is 2.33 bits per heavy atom. The zero-order chi connectivity index (χ0) is 9.14. The molecule has 0 aliphatic carbocycles. The Morgan fingerprint density at radius 1 is 1.67 bits per heavy atom. The van der Waals surface area contributed by atoms with Crippen LogP contribution >= 0.6 is 23.6 Å². The van der Waals surface area contributed by atoms with E-state index >= 15 is 0 Å². The zero-order valence-electron chi connectivity index (χ0n) is 6.77. The largest absolute Gasteiger partial charge is 0.477 e. The Labute approximate surface area is 79.8 Å². The molecular formula is C6H9N3OS2. The molecule has 1 aromatic heterocycles. The molecule has 0 fully saturated rings. The Bertz CT molecular complexity index is 286. The van der Waals surface area contributed by atoms with Gasteiger partial charge in [0.1, 0.15) is 6.10 Å². The van der Waals surface area contributed by atoms with Gasteiger partial charge in [0.05, 0.1) is 0 Å². The Morgan fingerprint density at radius 3 is 2.75 bits per heavy atom. The van der Waals surface area contributed by atoms with Crippen LogP contribution in [0.1, 0.15) is 25.0 Å². The van der Waals surface area contributed by atoms with Crippen LogP contribution in [0.3, 0.4) is 0 Å². The lowest BCUT2D eigenvalue weighted by atomic mass is 10.4. The van der Waals surface area contributed by atoms with Gasteiger partial charge in [-0.1, -0.05) is 11.3 Å². The van der Waals surface area contributed by atoms with Crippen molar-refractivity contribution >= 4 is 33.7 Å². The summed E-state index contributed by atoms with van der Waals surface area (Å²) >= 11 is 6.09. The monoisotopic (exact) mass is 203 g/mol. The topological polar surface area (TPSA) is 61.0 Å². The standard InChI is InChI=1S/C6H9N3OS2/c1-3(10-4(2)11)5-8-9-6(7)12-5/h3H,1-2H3,(H2,7,9). The molecule has 4 nitrogen and oxygen atoms in total. The molecule has 1 rings (SSSR count). The summed E-state index contributed by atoms with van der Waals surface area (Å²) in [6, 6.07) is 0. The van der Waals surface area contributed by atoms with Gasteiger partial charge in [-0.3, -0.25) is 0 Å². The van der Waals surface area contributed by atoms with Gasteiger partial charge in [0.25, 0.3) is 0 Å². The van der Waals surface area contributed by atoms with Crippen LogP contribution in [0.2, 0.25) is 0 Å². The quantitative estimate of drug-likeness (QED) is 0.739. The molecule has 0 saturated heterocycles. The van der Waals surface area contributed by atoms with E-state index in [1.165, 1.54) is 11.3 Å². The number of aromatic nitrogens is 2. The normalized spacial score (nSPS) is 12.5. The molecule has 0 radical (unpaired) electrons. The molecule has 66 valence electrons. The predicted octanol–water partition coefficient (Wildman–Crippen LogP) is 1.55. The maximum absolute atomic E-state index is 5.40. The number of anilines is 1. The number of rotatable bonds is 2. The van der Waals surface area contributed by atoms with Gasteiger partial charge in [-0.25, -0.2) is 0 Å². The summed E-state index contributed by atoms with van der Waals surface area (Å²) < 4.78 is 5.23. The van der Waals surface area contributed by atoms with Gasteiger partial charge in [-0.15, -0.1) is 10.2 Å². The van der Waals surface area contributed by atoms with Crippen molar-refractivity contribution in [2.75, 3.05) is 5.73 Å². The van der Waals surface area contributed by atoms with Gasteiger partial charge in [-0.05, 0) is 19.1 Å². The van der Waals surface area contributed by atoms with Crippen LogP contribution in [0.15, 0.2) is 0 Å². The predicted molar refractivity (Wildman–Crippen MR) is 52.1 cm³/mol. The number of thiocarbonyl (C=S) groups is 1. The molecule has 0 bridgehead atoms. The number of hydrogen-bond donors (Lipinski definition) is 1. The van der Waals surface area contributed by atoms with Crippen molar-refractivity contribution in [2.45, 2.75) is 20.0 Å². The van der Waals surface area contributed by atoms with Gasteiger partial charge < -0.3 is 10.5 Å². The maximum atomic E-state index is 5.40. The molecule has 1 atom stereocenters. The minimum Gasteiger partial charge on any atom is -0.477 e. The molecule has 0 aliphatic heterocycles. The third-order valence-electron chi connectivity index (χ3n) is 1.15. The molecule has 0 aromatic carbocycles. The fraction of sp³-hybridized carbons (Fsp3) is 0.500. The average Bonchev–Trinajstić information content (AvgIpc) is 2.34. The van der Waals surface area contributed by atoms with Gasteiger partial charge in [0.2, 0.25) is 5.13 Å². The van der Waals surface area contributed by atoms with Crippen molar-refractivity contribution in [1.82, 2.24) is 10.2 Å². The van der Waals surface area contributed by atoms with Crippen LogP contribution in [0.5, 0.6) is 0 Å². The van der Waals surface area contributed by atoms with Crippen LogP contribution in [-0.2, 0) is 4.74 Å². The Kier molecular flexibility index (Phi) is 2.93. The lowest BCUT2D eigenvalue weighted by molar-refractivity contribution is 0.216. The number of hydrogen-bond acceptors (Lipinski definition) is 6. The number of nitrogens with zero attached hydrogens (tertiary/aromatic N) is 2. The van der Waals surface area contributed by atoms with Crippen molar-refractivity contribution < 1.29 is 4.74 Å². The van der Waals surface area contributed by atoms with Crippen LogP contribution in [0.25, 0.3) is 0 Å². The van der Waals surface area contributed by atoms with Gasteiger partial charge in [0, 0.05) is 6.92 Å². The highest BCUT2D eigenvalue weighted by molar-refractivity contribution is 7.80. The molecule has 1 heterocycles. The number of nitrogen functional groups attached to an aromatic ring is 1. The Hall–Kier alpha value is -0.750. The smallest absolute Gasteiger partial charge is 0.203 e. The van der Waals surface area contributed by atoms with E-state index in [0.29, 0.717) is 10.2 Å². The van der Waals surface area contributed by atoms with Crippen molar-refractivity contribution in [3.8, 4) is 0 Å². The highest BCUT2D eigenvalue weighted by Crippen LogP contribution is 2.21. The zero-order valence-corrected chi connectivity index (χ0v) is 8.41. The van der Waals surface area contributed by atoms with Crippen molar-refractivity contribution in [3.05, 3.63) is 5.01 Å². The summed E-state index contributed by atoms with van der Waals surface area (Å²) in [7, 11) is 0. The molecule has 1 aromatic rings. The molecule has 12 heavy (non-hydrogen) atoms. The second-order valence-electron chi connectivity index (χ2n) is 2.23. The van der Waals surface area contributed by atoms with Gasteiger partial charge >= 0.3 is 0 Å². The fourth-order valence-corrected chi connectivity index (χ4v) is 1.45. The van der Waals surface area contributed by atoms with Crippen molar-refractivity contribution in [3.63, 3.8) is 0 Å². The van der Waals surface area contributed by atoms with E-state index in [1.54, 1.807) is 6.92 Å². The van der Waals surface area contributed by atoms with Crippen LogP contribution < -0.4 is 5.73 Å². The van der Waals surface area contributed by atoms with Crippen LogP contribution in [0.4, 0.5) is 5.13 Å². The highest BCUT2D eigenvalue weighted by Gasteiger charge is 2.11. The summed E-state index contributed by atoms with van der Waals surface area (Å²) in [5, 5.41) is 9.19. The van der Waals surface area contributed by atoms with E-state index in [2.05, 4.69) is 10.2 Å². The summed E-state index contributed by atoms with van der Waals surface area (Å²) in [6.45, 7) is 3.58. The molecule has 0 spiro atoms. The van der Waals surface area contributed by atoms with E-state index in [1.807, 2.05) is 6.92 Å². The average molecular weight is 203 g/mol. The van der Waals surface area contributed by atoms with Crippen molar-refractivity contribution in [1.29, 1.82) is 0 Å². The third kappa shape index (κ3) is 2.38. The Balaban J connectivity index is 2.64. The van der Waals surface area contributed by atoms with E-state index in [9.17, 15) is 0 Å². The summed E-state index contributed by atoms with van der Waals surface area (Å²) in [5.74, 6) is 0. The highest BCUT2D eigenvalue weighted by atomic mass is 32.1. The first-order chi connectivity index (χ1) is 5.59.